The predicted molar refractivity (Wildman–Crippen MR) is 113 cm³/mol. The van der Waals surface area contributed by atoms with Gasteiger partial charge in [-0.15, -0.1) is 0 Å². The van der Waals surface area contributed by atoms with Gasteiger partial charge in [-0.05, 0) is 56.8 Å². The SMILES string of the molecule is Cn1cc(C(=O)NCc2ccccn2)c(CC2CCN(CC(=O)N3CCC3)CC2)n1. The van der Waals surface area contributed by atoms with Gasteiger partial charge in [0.15, 0.2) is 0 Å². The van der Waals surface area contributed by atoms with Crippen LogP contribution in [-0.2, 0) is 24.8 Å². The van der Waals surface area contributed by atoms with Gasteiger partial charge in [0, 0.05) is 32.5 Å². The first-order valence-electron chi connectivity index (χ1n) is 10.8. The van der Waals surface area contributed by atoms with E-state index in [0.29, 0.717) is 24.6 Å². The van der Waals surface area contributed by atoms with Crippen molar-refractivity contribution in [1.29, 1.82) is 0 Å². The largest absolute Gasteiger partial charge is 0.346 e. The van der Waals surface area contributed by atoms with Crippen LogP contribution >= 0.6 is 0 Å². The van der Waals surface area contributed by atoms with Crippen molar-refractivity contribution in [3.63, 3.8) is 0 Å². The number of piperidine rings is 1. The number of aryl methyl sites for hydroxylation is 1. The van der Waals surface area contributed by atoms with E-state index in [9.17, 15) is 9.59 Å². The highest BCUT2D eigenvalue weighted by molar-refractivity contribution is 5.95. The third-order valence-corrected chi connectivity index (χ3v) is 6.06. The number of rotatable bonds is 7. The number of carbonyl (C=O) groups excluding carboxylic acids is 2. The van der Waals surface area contributed by atoms with Crippen molar-refractivity contribution in [2.45, 2.75) is 32.2 Å². The Labute approximate surface area is 177 Å². The zero-order chi connectivity index (χ0) is 20.9. The van der Waals surface area contributed by atoms with Crippen molar-refractivity contribution in [2.24, 2.45) is 13.0 Å². The molecule has 0 radical (unpaired) electrons. The minimum Gasteiger partial charge on any atom is -0.346 e. The fraction of sp³-hybridized carbons (Fsp3) is 0.545. The van der Waals surface area contributed by atoms with E-state index in [4.69, 9.17) is 0 Å². The summed E-state index contributed by atoms with van der Waals surface area (Å²) in [5.41, 5.74) is 2.33. The van der Waals surface area contributed by atoms with Crippen molar-refractivity contribution in [1.82, 2.24) is 29.9 Å². The number of pyridine rings is 1. The standard InChI is InChI=1S/C22H30N6O2/c1-26-15-19(22(30)24-14-18-5-2-3-8-23-18)20(25-26)13-17-6-11-27(12-7-17)16-21(29)28-9-4-10-28/h2-3,5,8,15,17H,4,6-7,9-14,16H2,1H3,(H,24,30). The number of hydrogen-bond donors (Lipinski definition) is 1. The monoisotopic (exact) mass is 410 g/mol. The summed E-state index contributed by atoms with van der Waals surface area (Å²) in [6, 6.07) is 5.66. The molecule has 0 unspecified atom stereocenters. The highest BCUT2D eigenvalue weighted by atomic mass is 16.2. The van der Waals surface area contributed by atoms with Crippen LogP contribution in [0.3, 0.4) is 0 Å². The quantitative estimate of drug-likeness (QED) is 0.742. The van der Waals surface area contributed by atoms with Crippen molar-refractivity contribution in [3.05, 3.63) is 47.5 Å². The Morgan fingerprint density at radius 1 is 1.17 bits per heavy atom. The van der Waals surface area contributed by atoms with Crippen LogP contribution in [0.2, 0.25) is 0 Å². The smallest absolute Gasteiger partial charge is 0.255 e. The summed E-state index contributed by atoms with van der Waals surface area (Å²) in [5, 5.41) is 7.51. The molecule has 4 heterocycles. The van der Waals surface area contributed by atoms with Crippen LogP contribution in [-0.4, -0.2) is 69.1 Å². The Bertz CT molecular complexity index is 869. The number of nitrogens with one attached hydrogen (secondary N) is 1. The first-order valence-corrected chi connectivity index (χ1v) is 10.8. The first-order chi connectivity index (χ1) is 14.6. The zero-order valence-electron chi connectivity index (χ0n) is 17.6. The molecule has 8 heteroatoms. The summed E-state index contributed by atoms with van der Waals surface area (Å²) in [5.74, 6) is 0.634. The van der Waals surface area contributed by atoms with Crippen molar-refractivity contribution in [3.8, 4) is 0 Å². The second-order valence-corrected chi connectivity index (χ2v) is 8.32. The molecular formula is C22H30N6O2. The molecule has 4 rings (SSSR count). The Morgan fingerprint density at radius 2 is 1.97 bits per heavy atom. The maximum Gasteiger partial charge on any atom is 0.255 e. The van der Waals surface area contributed by atoms with Crippen LogP contribution in [0.15, 0.2) is 30.6 Å². The molecule has 160 valence electrons. The van der Waals surface area contributed by atoms with Gasteiger partial charge < -0.3 is 10.2 Å². The van der Waals surface area contributed by atoms with Gasteiger partial charge in [0.2, 0.25) is 5.91 Å². The van der Waals surface area contributed by atoms with Gasteiger partial charge in [0.05, 0.1) is 30.0 Å². The molecule has 0 aliphatic carbocycles. The molecular weight excluding hydrogens is 380 g/mol. The highest BCUT2D eigenvalue weighted by Gasteiger charge is 2.27. The predicted octanol–water partition coefficient (Wildman–Crippen LogP) is 1.23. The van der Waals surface area contributed by atoms with E-state index in [0.717, 1.165) is 63.3 Å². The number of carbonyl (C=O) groups is 2. The second kappa shape index (κ2) is 9.38. The number of nitrogens with zero attached hydrogens (tertiary/aromatic N) is 5. The molecule has 2 aromatic heterocycles. The molecule has 2 aliphatic heterocycles. The molecule has 30 heavy (non-hydrogen) atoms. The van der Waals surface area contributed by atoms with Crippen LogP contribution in [0.5, 0.6) is 0 Å². The molecule has 2 saturated heterocycles. The lowest BCUT2D eigenvalue weighted by molar-refractivity contribution is -0.136. The average molecular weight is 411 g/mol. The van der Waals surface area contributed by atoms with Crippen LogP contribution in [0, 0.1) is 5.92 Å². The summed E-state index contributed by atoms with van der Waals surface area (Å²) in [7, 11) is 1.85. The van der Waals surface area contributed by atoms with Crippen molar-refractivity contribution >= 4 is 11.8 Å². The fourth-order valence-electron chi connectivity index (χ4n) is 4.12. The molecule has 8 nitrogen and oxygen atoms in total. The van der Waals surface area contributed by atoms with Gasteiger partial charge in [-0.2, -0.15) is 5.10 Å². The van der Waals surface area contributed by atoms with E-state index >= 15 is 0 Å². The minimum absolute atomic E-state index is 0.110. The minimum atomic E-state index is -0.110. The molecule has 0 bridgehead atoms. The van der Waals surface area contributed by atoms with Crippen LogP contribution in [0.25, 0.3) is 0 Å². The summed E-state index contributed by atoms with van der Waals surface area (Å²) >= 11 is 0. The summed E-state index contributed by atoms with van der Waals surface area (Å²) in [6.07, 6.45) is 7.50. The normalized spacial score (nSPS) is 17.6. The van der Waals surface area contributed by atoms with Gasteiger partial charge in [0.25, 0.3) is 5.91 Å². The third kappa shape index (κ3) is 5.05. The lowest BCUT2D eigenvalue weighted by Crippen LogP contribution is -2.48. The third-order valence-electron chi connectivity index (χ3n) is 6.06. The number of amides is 2. The van der Waals surface area contributed by atoms with Crippen LogP contribution in [0.4, 0.5) is 0 Å². The number of hydrogen-bond acceptors (Lipinski definition) is 5. The summed E-state index contributed by atoms with van der Waals surface area (Å²) < 4.78 is 1.71. The van der Waals surface area contributed by atoms with Crippen molar-refractivity contribution < 1.29 is 9.59 Å². The number of likely N-dealkylation sites (tertiary alicyclic amines) is 2. The molecule has 0 spiro atoms. The van der Waals surface area contributed by atoms with Gasteiger partial charge in [-0.25, -0.2) is 0 Å². The van der Waals surface area contributed by atoms with E-state index in [1.165, 1.54) is 0 Å². The molecule has 0 aromatic carbocycles. The van der Waals surface area contributed by atoms with Crippen LogP contribution in [0.1, 0.15) is 41.0 Å². The molecule has 1 N–H and O–H groups in total. The Morgan fingerprint density at radius 3 is 2.63 bits per heavy atom. The second-order valence-electron chi connectivity index (χ2n) is 8.32. The van der Waals surface area contributed by atoms with E-state index < -0.39 is 0 Å². The van der Waals surface area contributed by atoms with Gasteiger partial charge in [-0.3, -0.25) is 24.2 Å². The van der Waals surface area contributed by atoms with Crippen molar-refractivity contribution in [2.75, 3.05) is 32.7 Å². The maximum atomic E-state index is 12.7. The van der Waals surface area contributed by atoms with E-state index in [-0.39, 0.29) is 11.8 Å². The van der Waals surface area contributed by atoms with Gasteiger partial charge in [0.1, 0.15) is 0 Å². The average Bonchev–Trinajstić information content (AvgIpc) is 3.07. The highest BCUT2D eigenvalue weighted by Crippen LogP contribution is 2.23. The van der Waals surface area contributed by atoms with Crippen LogP contribution < -0.4 is 5.32 Å². The Hall–Kier alpha value is -2.74. The Balaban J connectivity index is 1.28. The Kier molecular flexibility index (Phi) is 6.42. The first kappa shape index (κ1) is 20.5. The van der Waals surface area contributed by atoms with E-state index in [2.05, 4.69) is 20.3 Å². The maximum absolute atomic E-state index is 12.7. The molecule has 0 atom stereocenters. The lowest BCUT2D eigenvalue weighted by Gasteiger charge is -2.36. The molecule has 0 saturated carbocycles. The fourth-order valence-corrected chi connectivity index (χ4v) is 4.12. The molecule has 2 amide bonds. The topological polar surface area (TPSA) is 83.4 Å². The molecule has 2 aliphatic rings. The summed E-state index contributed by atoms with van der Waals surface area (Å²) in [6.45, 7) is 4.63. The number of aromatic nitrogens is 3. The zero-order valence-corrected chi connectivity index (χ0v) is 17.6. The molecule has 2 fully saturated rings. The lowest BCUT2D eigenvalue weighted by atomic mass is 9.91. The summed E-state index contributed by atoms with van der Waals surface area (Å²) in [4.78, 5) is 33.3. The van der Waals surface area contributed by atoms with Gasteiger partial charge in [-0.1, -0.05) is 6.07 Å². The molecule has 2 aromatic rings. The van der Waals surface area contributed by atoms with Gasteiger partial charge >= 0.3 is 0 Å². The van der Waals surface area contributed by atoms with E-state index in [1.807, 2.05) is 30.1 Å². The van der Waals surface area contributed by atoms with E-state index in [1.54, 1.807) is 17.1 Å².